The number of benzene rings is 1. The van der Waals surface area contributed by atoms with E-state index in [2.05, 4.69) is 51.7 Å². The molecule has 5 aromatic rings. The van der Waals surface area contributed by atoms with Gasteiger partial charge in [-0.1, -0.05) is 35.9 Å². The molecule has 4 heterocycles. The minimum atomic E-state index is -0.290. The molecule has 5 rings (SSSR count). The van der Waals surface area contributed by atoms with Crippen molar-refractivity contribution in [3.63, 3.8) is 0 Å². The second-order valence-corrected chi connectivity index (χ2v) is 7.89. The maximum Gasteiger partial charge on any atom is 0.262 e. The number of hydrogen-bond donors (Lipinski definition) is 1. The Morgan fingerprint density at radius 2 is 2.00 bits per heavy atom. The predicted octanol–water partition coefficient (Wildman–Crippen LogP) is 4.26. The summed E-state index contributed by atoms with van der Waals surface area (Å²) >= 11 is 1.61. The fourth-order valence-corrected chi connectivity index (χ4v) is 3.98. The highest BCUT2D eigenvalue weighted by Gasteiger charge is 2.17. The molecule has 0 radical (unpaired) electrons. The lowest BCUT2D eigenvalue weighted by molar-refractivity contribution is 0.102. The maximum atomic E-state index is 12.8. The second-order valence-electron chi connectivity index (χ2n) is 6.94. The van der Waals surface area contributed by atoms with Gasteiger partial charge in [0.2, 0.25) is 0 Å². The molecule has 0 saturated carbocycles. The van der Waals surface area contributed by atoms with E-state index in [0.717, 1.165) is 16.1 Å². The lowest BCUT2D eigenvalue weighted by Gasteiger charge is -2.04. The quantitative estimate of drug-likeness (QED) is 0.466. The Morgan fingerprint density at radius 1 is 1.13 bits per heavy atom. The van der Waals surface area contributed by atoms with Crippen LogP contribution in [-0.2, 0) is 6.54 Å². The molecular weight excluding hydrogens is 396 g/mol. The van der Waals surface area contributed by atoms with Gasteiger partial charge in [0.15, 0.2) is 11.5 Å². The van der Waals surface area contributed by atoms with Crippen LogP contribution in [0.4, 0.5) is 5.82 Å². The standard InChI is InChI=1S/C22H18N6OS/c1-15-4-6-16(7-5-15)14-27-11-9-20(26-27)25-22(29)17-13-24-28-18(8-10-23-21(17)28)19-3-2-12-30-19/h2-13H,14H2,1H3,(H,25,26,29). The van der Waals surface area contributed by atoms with E-state index in [1.54, 1.807) is 32.8 Å². The number of amides is 1. The van der Waals surface area contributed by atoms with Gasteiger partial charge in [0, 0.05) is 18.5 Å². The molecule has 1 aromatic carbocycles. The summed E-state index contributed by atoms with van der Waals surface area (Å²) in [6.07, 6.45) is 5.08. The van der Waals surface area contributed by atoms with Gasteiger partial charge >= 0.3 is 0 Å². The van der Waals surface area contributed by atoms with E-state index in [4.69, 9.17) is 0 Å². The molecule has 30 heavy (non-hydrogen) atoms. The summed E-state index contributed by atoms with van der Waals surface area (Å²) in [7, 11) is 0. The molecule has 0 saturated heterocycles. The van der Waals surface area contributed by atoms with Crippen molar-refractivity contribution in [3.8, 4) is 10.6 Å². The molecule has 0 bridgehead atoms. The van der Waals surface area contributed by atoms with Crippen molar-refractivity contribution < 1.29 is 4.79 Å². The van der Waals surface area contributed by atoms with Crippen LogP contribution < -0.4 is 5.32 Å². The summed E-state index contributed by atoms with van der Waals surface area (Å²) in [6, 6.07) is 16.0. The van der Waals surface area contributed by atoms with Crippen LogP contribution in [0.1, 0.15) is 21.5 Å². The van der Waals surface area contributed by atoms with E-state index in [0.29, 0.717) is 23.6 Å². The van der Waals surface area contributed by atoms with Gasteiger partial charge in [0.25, 0.3) is 5.91 Å². The molecule has 148 valence electrons. The van der Waals surface area contributed by atoms with Crippen molar-refractivity contribution in [2.24, 2.45) is 0 Å². The lowest BCUT2D eigenvalue weighted by atomic mass is 10.1. The van der Waals surface area contributed by atoms with Crippen LogP contribution in [0.25, 0.3) is 16.2 Å². The number of aryl methyl sites for hydroxylation is 1. The predicted molar refractivity (Wildman–Crippen MR) is 117 cm³/mol. The number of carbonyl (C=O) groups is 1. The summed E-state index contributed by atoms with van der Waals surface area (Å²) in [5.41, 5.74) is 4.18. The summed E-state index contributed by atoms with van der Waals surface area (Å²) < 4.78 is 3.49. The van der Waals surface area contributed by atoms with Crippen LogP contribution in [0.3, 0.4) is 0 Å². The van der Waals surface area contributed by atoms with E-state index in [-0.39, 0.29) is 5.91 Å². The van der Waals surface area contributed by atoms with Crippen LogP contribution in [0.5, 0.6) is 0 Å². The summed E-state index contributed by atoms with van der Waals surface area (Å²) in [6.45, 7) is 2.70. The average molecular weight is 414 g/mol. The second kappa shape index (κ2) is 7.57. The number of carbonyl (C=O) groups excluding carboxylic acids is 1. The molecule has 0 fully saturated rings. The first-order chi connectivity index (χ1) is 14.7. The van der Waals surface area contributed by atoms with E-state index in [1.807, 2.05) is 29.8 Å². The molecule has 7 nitrogen and oxygen atoms in total. The molecule has 1 N–H and O–H groups in total. The largest absolute Gasteiger partial charge is 0.305 e. The molecule has 0 aliphatic rings. The Balaban J connectivity index is 1.36. The van der Waals surface area contributed by atoms with E-state index in [9.17, 15) is 4.79 Å². The van der Waals surface area contributed by atoms with Crippen molar-refractivity contribution in [2.75, 3.05) is 5.32 Å². The normalized spacial score (nSPS) is 11.1. The number of thiophene rings is 1. The van der Waals surface area contributed by atoms with Crippen molar-refractivity contribution in [1.29, 1.82) is 0 Å². The zero-order valence-corrected chi connectivity index (χ0v) is 17.0. The smallest absolute Gasteiger partial charge is 0.262 e. The molecule has 8 heteroatoms. The number of hydrogen-bond acceptors (Lipinski definition) is 5. The number of rotatable bonds is 5. The molecule has 4 aromatic heterocycles. The Morgan fingerprint density at radius 3 is 2.80 bits per heavy atom. The van der Waals surface area contributed by atoms with Crippen molar-refractivity contribution in [1.82, 2.24) is 24.4 Å². The molecule has 0 spiro atoms. The van der Waals surface area contributed by atoms with Gasteiger partial charge in [-0.15, -0.1) is 11.3 Å². The lowest BCUT2D eigenvalue weighted by Crippen LogP contribution is -2.13. The molecule has 1 amide bonds. The third-order valence-electron chi connectivity index (χ3n) is 4.77. The highest BCUT2D eigenvalue weighted by atomic mass is 32.1. The van der Waals surface area contributed by atoms with E-state index < -0.39 is 0 Å². The first kappa shape index (κ1) is 18.3. The summed E-state index contributed by atoms with van der Waals surface area (Å²) in [5.74, 6) is 0.197. The number of aromatic nitrogens is 5. The van der Waals surface area contributed by atoms with E-state index >= 15 is 0 Å². The summed E-state index contributed by atoms with van der Waals surface area (Å²) in [5, 5.41) is 13.7. The fourth-order valence-electron chi connectivity index (χ4n) is 3.24. The minimum absolute atomic E-state index is 0.290. The molecule has 0 aliphatic heterocycles. The Labute approximate surface area is 176 Å². The van der Waals surface area contributed by atoms with Crippen LogP contribution in [0.2, 0.25) is 0 Å². The van der Waals surface area contributed by atoms with Gasteiger partial charge in [0.05, 0.1) is 23.3 Å². The Hall–Kier alpha value is -3.78. The third-order valence-corrected chi connectivity index (χ3v) is 5.66. The maximum absolute atomic E-state index is 12.8. The highest BCUT2D eigenvalue weighted by Crippen LogP contribution is 2.25. The number of anilines is 1. The van der Waals surface area contributed by atoms with Crippen molar-refractivity contribution >= 4 is 28.7 Å². The molecule has 0 unspecified atom stereocenters. The van der Waals surface area contributed by atoms with Crippen LogP contribution in [0, 0.1) is 6.92 Å². The average Bonchev–Trinajstić information content (AvgIpc) is 3.50. The van der Waals surface area contributed by atoms with Gasteiger partial charge in [-0.05, 0) is 30.0 Å². The van der Waals surface area contributed by atoms with E-state index in [1.165, 1.54) is 11.8 Å². The number of fused-ring (bicyclic) bond motifs is 1. The third kappa shape index (κ3) is 3.48. The SMILES string of the molecule is Cc1ccc(Cn2ccc(NC(=O)c3cnn4c(-c5cccs5)ccnc34)n2)cc1. The Bertz CT molecular complexity index is 1320. The first-order valence-corrected chi connectivity index (χ1v) is 10.3. The van der Waals surface area contributed by atoms with Crippen LogP contribution in [0.15, 0.2) is 72.5 Å². The van der Waals surface area contributed by atoms with Gasteiger partial charge in [-0.2, -0.15) is 10.2 Å². The fraction of sp³-hybridized carbons (Fsp3) is 0.0909. The molecule has 0 aliphatic carbocycles. The number of nitrogens with zero attached hydrogens (tertiary/aromatic N) is 5. The molecular formula is C22H18N6OS. The zero-order chi connectivity index (χ0) is 20.5. The van der Waals surface area contributed by atoms with Crippen molar-refractivity contribution in [3.05, 3.63) is 89.2 Å². The minimum Gasteiger partial charge on any atom is -0.305 e. The highest BCUT2D eigenvalue weighted by molar-refractivity contribution is 7.13. The van der Waals surface area contributed by atoms with Gasteiger partial charge in [0.1, 0.15) is 5.56 Å². The zero-order valence-electron chi connectivity index (χ0n) is 16.2. The van der Waals surface area contributed by atoms with Crippen molar-refractivity contribution in [2.45, 2.75) is 13.5 Å². The topological polar surface area (TPSA) is 77.1 Å². The monoisotopic (exact) mass is 414 g/mol. The Kier molecular flexibility index (Phi) is 4.61. The number of nitrogens with one attached hydrogen (secondary N) is 1. The van der Waals surface area contributed by atoms with Crippen LogP contribution in [-0.4, -0.2) is 30.3 Å². The first-order valence-electron chi connectivity index (χ1n) is 9.44. The molecule has 0 atom stereocenters. The summed E-state index contributed by atoms with van der Waals surface area (Å²) in [4.78, 5) is 18.3. The van der Waals surface area contributed by atoms with Gasteiger partial charge in [-0.3, -0.25) is 9.48 Å². The van der Waals surface area contributed by atoms with Crippen LogP contribution >= 0.6 is 11.3 Å². The van der Waals surface area contributed by atoms with Gasteiger partial charge < -0.3 is 5.32 Å². The van der Waals surface area contributed by atoms with Gasteiger partial charge in [-0.25, -0.2) is 9.50 Å².